The fraction of sp³-hybridized carbons (Fsp3) is 0.455. The maximum absolute atomic E-state index is 5.47. The van der Waals surface area contributed by atoms with E-state index in [2.05, 4.69) is 60.6 Å². The SMILES string of the molecule is c1ccc(CN2CN(CCCN3CCOCC3)c3nc4ccccc4n3C2)nc1. The Morgan fingerprint density at radius 3 is 2.62 bits per heavy atom. The van der Waals surface area contributed by atoms with Gasteiger partial charge in [0.25, 0.3) is 0 Å². The Balaban J connectivity index is 1.34. The lowest BCUT2D eigenvalue weighted by atomic mass is 10.3. The van der Waals surface area contributed by atoms with E-state index < -0.39 is 0 Å². The molecule has 0 saturated carbocycles. The van der Waals surface area contributed by atoms with Crippen molar-refractivity contribution >= 4 is 17.0 Å². The molecule has 0 aliphatic carbocycles. The molecule has 0 amide bonds. The van der Waals surface area contributed by atoms with Crippen molar-refractivity contribution in [2.75, 3.05) is 51.0 Å². The van der Waals surface area contributed by atoms with Crippen LogP contribution in [0.15, 0.2) is 48.7 Å². The second-order valence-corrected chi connectivity index (χ2v) is 7.83. The standard InChI is InChI=1S/C22H28N6O/c1-2-8-21-20(7-1)24-22-27(11-5-10-25-12-14-29-15-13-25)17-26(18-28(21)22)16-19-6-3-4-9-23-19/h1-4,6-9H,5,10-18H2. The van der Waals surface area contributed by atoms with Crippen molar-refractivity contribution in [2.24, 2.45) is 0 Å². The zero-order valence-electron chi connectivity index (χ0n) is 16.8. The van der Waals surface area contributed by atoms with Crippen LogP contribution in [-0.4, -0.2) is 70.4 Å². The van der Waals surface area contributed by atoms with Gasteiger partial charge >= 0.3 is 0 Å². The molecule has 152 valence electrons. The minimum Gasteiger partial charge on any atom is -0.379 e. The Morgan fingerprint density at radius 1 is 0.897 bits per heavy atom. The van der Waals surface area contributed by atoms with E-state index >= 15 is 0 Å². The third-order valence-electron chi connectivity index (χ3n) is 5.75. The van der Waals surface area contributed by atoms with Crippen LogP contribution < -0.4 is 4.90 Å². The van der Waals surface area contributed by atoms with E-state index in [1.165, 1.54) is 5.52 Å². The molecular weight excluding hydrogens is 364 g/mol. The summed E-state index contributed by atoms with van der Waals surface area (Å²) in [4.78, 5) is 16.8. The van der Waals surface area contributed by atoms with E-state index in [9.17, 15) is 0 Å². The van der Waals surface area contributed by atoms with Gasteiger partial charge in [-0.1, -0.05) is 18.2 Å². The predicted molar refractivity (Wildman–Crippen MR) is 114 cm³/mol. The highest BCUT2D eigenvalue weighted by Gasteiger charge is 2.26. The minimum atomic E-state index is 0.840. The average molecular weight is 393 g/mol. The maximum Gasteiger partial charge on any atom is 0.208 e. The van der Waals surface area contributed by atoms with Gasteiger partial charge in [0.15, 0.2) is 0 Å². The Bertz CT molecular complexity index is 937. The molecule has 3 aromatic rings. The van der Waals surface area contributed by atoms with Gasteiger partial charge in [0.1, 0.15) is 0 Å². The predicted octanol–water partition coefficient (Wildman–Crippen LogP) is 2.39. The van der Waals surface area contributed by atoms with Crippen LogP contribution in [0.2, 0.25) is 0 Å². The summed E-state index contributed by atoms with van der Waals surface area (Å²) in [6.07, 6.45) is 3.00. The van der Waals surface area contributed by atoms with E-state index in [-0.39, 0.29) is 0 Å². The molecule has 2 aromatic heterocycles. The van der Waals surface area contributed by atoms with Gasteiger partial charge in [0.2, 0.25) is 5.95 Å². The number of para-hydroxylation sites is 2. The summed E-state index contributed by atoms with van der Waals surface area (Å²) in [5.74, 6) is 1.09. The molecule has 0 N–H and O–H groups in total. The summed E-state index contributed by atoms with van der Waals surface area (Å²) < 4.78 is 7.81. The second-order valence-electron chi connectivity index (χ2n) is 7.83. The van der Waals surface area contributed by atoms with E-state index in [0.29, 0.717) is 0 Å². The number of nitrogens with zero attached hydrogens (tertiary/aromatic N) is 6. The molecule has 0 atom stereocenters. The quantitative estimate of drug-likeness (QED) is 0.642. The summed E-state index contributed by atoms with van der Waals surface area (Å²) in [7, 11) is 0. The first kappa shape index (κ1) is 18.5. The molecule has 0 radical (unpaired) electrons. The Kier molecular flexibility index (Phi) is 5.43. The lowest BCUT2D eigenvalue weighted by Gasteiger charge is -2.37. The van der Waals surface area contributed by atoms with Gasteiger partial charge in [0.05, 0.1) is 43.3 Å². The monoisotopic (exact) mass is 392 g/mol. The summed E-state index contributed by atoms with van der Waals surface area (Å²) >= 11 is 0. The van der Waals surface area contributed by atoms with Crippen LogP contribution in [0.4, 0.5) is 5.95 Å². The normalized spacial score (nSPS) is 18.3. The molecule has 7 nitrogen and oxygen atoms in total. The molecule has 0 spiro atoms. The van der Waals surface area contributed by atoms with Crippen molar-refractivity contribution < 1.29 is 4.74 Å². The van der Waals surface area contributed by atoms with Crippen molar-refractivity contribution in [3.8, 4) is 0 Å². The number of hydrogen-bond acceptors (Lipinski definition) is 6. The molecule has 1 saturated heterocycles. The van der Waals surface area contributed by atoms with Crippen molar-refractivity contribution in [1.29, 1.82) is 0 Å². The number of ether oxygens (including phenoxy) is 1. The third-order valence-corrected chi connectivity index (χ3v) is 5.75. The number of anilines is 1. The van der Waals surface area contributed by atoms with E-state index in [1.807, 2.05) is 12.3 Å². The Hall–Kier alpha value is -2.48. The van der Waals surface area contributed by atoms with Gasteiger partial charge in [0, 0.05) is 38.9 Å². The average Bonchev–Trinajstić information content (AvgIpc) is 3.14. The summed E-state index contributed by atoms with van der Waals surface area (Å²) in [5, 5.41) is 0. The van der Waals surface area contributed by atoms with Crippen molar-refractivity contribution in [3.63, 3.8) is 0 Å². The van der Waals surface area contributed by atoms with Gasteiger partial charge in [-0.2, -0.15) is 0 Å². The lowest BCUT2D eigenvalue weighted by molar-refractivity contribution is 0.0375. The second kappa shape index (κ2) is 8.49. The zero-order valence-corrected chi connectivity index (χ0v) is 16.8. The van der Waals surface area contributed by atoms with Crippen molar-refractivity contribution in [3.05, 3.63) is 54.4 Å². The Labute approximate surface area is 171 Å². The van der Waals surface area contributed by atoms with Gasteiger partial charge in [-0.15, -0.1) is 0 Å². The summed E-state index contributed by atoms with van der Waals surface area (Å²) in [5.41, 5.74) is 3.38. The maximum atomic E-state index is 5.47. The van der Waals surface area contributed by atoms with Gasteiger partial charge in [-0.25, -0.2) is 4.98 Å². The first-order chi connectivity index (χ1) is 14.4. The molecular formula is C22H28N6O. The van der Waals surface area contributed by atoms with Crippen LogP contribution in [0.5, 0.6) is 0 Å². The van der Waals surface area contributed by atoms with Crippen LogP contribution >= 0.6 is 0 Å². The Morgan fingerprint density at radius 2 is 1.76 bits per heavy atom. The number of imidazole rings is 1. The number of aromatic nitrogens is 3. The fourth-order valence-corrected chi connectivity index (χ4v) is 4.29. The first-order valence-electron chi connectivity index (χ1n) is 10.5. The minimum absolute atomic E-state index is 0.840. The number of fused-ring (bicyclic) bond motifs is 3. The lowest BCUT2D eigenvalue weighted by Crippen LogP contribution is -2.46. The number of rotatable bonds is 6. The summed E-state index contributed by atoms with van der Waals surface area (Å²) in [6, 6.07) is 14.6. The van der Waals surface area contributed by atoms with Crippen LogP contribution in [0.3, 0.4) is 0 Å². The molecule has 29 heavy (non-hydrogen) atoms. The van der Waals surface area contributed by atoms with E-state index in [4.69, 9.17) is 9.72 Å². The van der Waals surface area contributed by atoms with Crippen molar-refractivity contribution in [2.45, 2.75) is 19.6 Å². The number of hydrogen-bond donors (Lipinski definition) is 0. The smallest absolute Gasteiger partial charge is 0.208 e. The highest BCUT2D eigenvalue weighted by molar-refractivity contribution is 5.79. The number of benzene rings is 1. The van der Waals surface area contributed by atoms with Gasteiger partial charge in [-0.05, 0) is 30.7 Å². The molecule has 1 aromatic carbocycles. The number of morpholine rings is 1. The van der Waals surface area contributed by atoms with Crippen LogP contribution in [0.25, 0.3) is 11.0 Å². The third kappa shape index (κ3) is 4.12. The molecule has 7 heteroatoms. The zero-order chi connectivity index (χ0) is 19.5. The van der Waals surface area contributed by atoms with Gasteiger partial charge in [-0.3, -0.25) is 19.4 Å². The van der Waals surface area contributed by atoms with Crippen molar-refractivity contribution in [1.82, 2.24) is 24.3 Å². The van der Waals surface area contributed by atoms with Crippen LogP contribution in [0, 0.1) is 0 Å². The van der Waals surface area contributed by atoms with Crippen LogP contribution in [0.1, 0.15) is 12.1 Å². The fourth-order valence-electron chi connectivity index (χ4n) is 4.29. The molecule has 0 unspecified atom stereocenters. The summed E-state index contributed by atoms with van der Waals surface area (Å²) in [6.45, 7) is 8.48. The largest absolute Gasteiger partial charge is 0.379 e. The molecule has 4 heterocycles. The van der Waals surface area contributed by atoms with E-state index in [0.717, 1.165) is 82.9 Å². The molecule has 5 rings (SSSR count). The highest BCUT2D eigenvalue weighted by atomic mass is 16.5. The molecule has 2 aliphatic heterocycles. The number of pyridine rings is 1. The molecule has 0 bridgehead atoms. The highest BCUT2D eigenvalue weighted by Crippen LogP contribution is 2.27. The topological polar surface area (TPSA) is 49.7 Å². The molecule has 1 fully saturated rings. The van der Waals surface area contributed by atoms with Gasteiger partial charge < -0.3 is 9.64 Å². The first-order valence-corrected chi connectivity index (χ1v) is 10.5. The van der Waals surface area contributed by atoms with E-state index in [1.54, 1.807) is 0 Å². The van der Waals surface area contributed by atoms with Crippen LogP contribution in [-0.2, 0) is 18.0 Å². The molecule has 2 aliphatic rings.